The molecule has 0 unspecified atom stereocenters. The minimum atomic E-state index is -0.348. The molecule has 11 heavy (non-hydrogen) atoms. The normalized spacial score (nSPS) is 9.00. The highest BCUT2D eigenvalue weighted by atomic mass is 35.5. The van der Waals surface area contributed by atoms with Crippen molar-refractivity contribution < 1.29 is 4.39 Å². The van der Waals surface area contributed by atoms with E-state index in [9.17, 15) is 4.39 Å². The van der Waals surface area contributed by atoms with Crippen LogP contribution in [0, 0.1) is 5.82 Å². The second-order valence-electron chi connectivity index (χ2n) is 2.10. The fourth-order valence-electron chi connectivity index (χ4n) is 0.760. The van der Waals surface area contributed by atoms with E-state index in [2.05, 4.69) is 0 Å². The highest BCUT2D eigenvalue weighted by molar-refractivity contribution is 6.30. The van der Waals surface area contributed by atoms with E-state index in [0.29, 0.717) is 0 Å². The number of benzene rings is 1. The Morgan fingerprint density at radius 3 is 2.55 bits per heavy atom. The summed E-state index contributed by atoms with van der Waals surface area (Å²) in [5.74, 6) is -0.348. The molecule has 0 bridgehead atoms. The first-order valence-corrected chi connectivity index (χ1v) is 3.55. The summed E-state index contributed by atoms with van der Waals surface area (Å²) < 4.78 is 12.5. The van der Waals surface area contributed by atoms with E-state index >= 15 is 0 Å². The molecule has 0 aliphatic carbocycles. The minimum Gasteiger partial charge on any atom is -0.344 e. The van der Waals surface area contributed by atoms with Crippen molar-refractivity contribution in [2.24, 2.45) is 0 Å². The van der Waals surface area contributed by atoms with Gasteiger partial charge in [-0.05, 0) is 24.1 Å². The van der Waals surface area contributed by atoms with Gasteiger partial charge in [0.1, 0.15) is 5.82 Å². The Morgan fingerprint density at radius 2 is 2.09 bits per heavy atom. The van der Waals surface area contributed by atoms with Crippen molar-refractivity contribution in [3.05, 3.63) is 34.6 Å². The molecule has 1 aromatic rings. The van der Waals surface area contributed by atoms with Crippen molar-refractivity contribution in [1.82, 2.24) is 6.15 Å². The molecule has 0 aliphatic rings. The summed E-state index contributed by atoms with van der Waals surface area (Å²) >= 11 is 5.52. The van der Waals surface area contributed by atoms with Crippen molar-refractivity contribution in [1.29, 1.82) is 0 Å². The van der Waals surface area contributed by atoms with Crippen molar-refractivity contribution in [2.45, 2.75) is 13.3 Å². The average Bonchev–Trinajstić information content (AvgIpc) is 1.95. The molecule has 0 saturated heterocycles. The van der Waals surface area contributed by atoms with Gasteiger partial charge in [0.15, 0.2) is 0 Å². The van der Waals surface area contributed by atoms with Gasteiger partial charge in [-0.1, -0.05) is 24.6 Å². The first-order chi connectivity index (χ1) is 4.74. The van der Waals surface area contributed by atoms with Crippen LogP contribution in [0.1, 0.15) is 12.5 Å². The third-order valence-corrected chi connectivity index (χ3v) is 1.68. The van der Waals surface area contributed by atoms with Crippen LogP contribution in [0.2, 0.25) is 5.02 Å². The van der Waals surface area contributed by atoms with E-state index in [0.717, 1.165) is 12.0 Å². The predicted octanol–water partition coefficient (Wildman–Crippen LogP) is 3.20. The Morgan fingerprint density at radius 1 is 1.45 bits per heavy atom. The van der Waals surface area contributed by atoms with Crippen molar-refractivity contribution >= 4 is 11.6 Å². The monoisotopic (exact) mass is 175 g/mol. The first-order valence-electron chi connectivity index (χ1n) is 3.18. The maximum atomic E-state index is 12.5. The van der Waals surface area contributed by atoms with Crippen molar-refractivity contribution in [2.75, 3.05) is 0 Å². The summed E-state index contributed by atoms with van der Waals surface area (Å²) in [5, 5.41) is 0.208. The predicted molar refractivity (Wildman–Crippen MR) is 45.8 cm³/mol. The summed E-state index contributed by atoms with van der Waals surface area (Å²) in [6, 6.07) is 4.78. The number of rotatable bonds is 1. The lowest BCUT2D eigenvalue weighted by Gasteiger charge is -1.96. The van der Waals surface area contributed by atoms with Crippen LogP contribution in [0.25, 0.3) is 0 Å². The van der Waals surface area contributed by atoms with E-state index in [4.69, 9.17) is 11.6 Å². The highest BCUT2D eigenvalue weighted by Gasteiger charge is 1.97. The number of hydrogen-bond acceptors (Lipinski definition) is 1. The molecule has 3 heteroatoms. The minimum absolute atomic E-state index is 0. The molecule has 1 aromatic carbocycles. The van der Waals surface area contributed by atoms with E-state index in [1.165, 1.54) is 6.07 Å². The summed E-state index contributed by atoms with van der Waals surface area (Å²) in [6.07, 6.45) is 0.889. The second kappa shape index (κ2) is 4.31. The van der Waals surface area contributed by atoms with Gasteiger partial charge in [0.25, 0.3) is 0 Å². The molecule has 62 valence electrons. The van der Waals surface area contributed by atoms with E-state index in [-0.39, 0.29) is 17.0 Å². The van der Waals surface area contributed by atoms with Crippen LogP contribution in [-0.2, 0) is 6.42 Å². The Kier molecular flexibility index (Phi) is 4.08. The molecule has 1 nitrogen and oxygen atoms in total. The standard InChI is InChI=1S/C8H8ClF.H3N/c1-2-6-3-4-8(10)7(9)5-6;/h3-5H,2H2,1H3;1H3. The van der Waals surface area contributed by atoms with Gasteiger partial charge in [0.05, 0.1) is 5.02 Å². The van der Waals surface area contributed by atoms with Gasteiger partial charge in [-0.25, -0.2) is 4.39 Å². The maximum Gasteiger partial charge on any atom is 0.141 e. The molecule has 0 radical (unpaired) electrons. The number of aryl methyl sites for hydroxylation is 1. The van der Waals surface area contributed by atoms with Crippen molar-refractivity contribution in [3.8, 4) is 0 Å². The third kappa shape index (κ3) is 2.48. The van der Waals surface area contributed by atoms with Crippen LogP contribution < -0.4 is 6.15 Å². The van der Waals surface area contributed by atoms with Gasteiger partial charge in [0, 0.05) is 0 Å². The van der Waals surface area contributed by atoms with Crippen LogP contribution in [0.3, 0.4) is 0 Å². The van der Waals surface area contributed by atoms with Crippen LogP contribution >= 0.6 is 11.6 Å². The molecular formula is C8H11ClFN. The molecule has 0 atom stereocenters. The molecule has 3 N–H and O–H groups in total. The van der Waals surface area contributed by atoms with E-state index < -0.39 is 0 Å². The summed E-state index contributed by atoms with van der Waals surface area (Å²) in [4.78, 5) is 0. The Bertz CT molecular complexity index is 238. The fraction of sp³-hybridized carbons (Fsp3) is 0.250. The Balaban J connectivity index is 0.000001000. The smallest absolute Gasteiger partial charge is 0.141 e. The van der Waals surface area contributed by atoms with Gasteiger partial charge in [0.2, 0.25) is 0 Å². The molecule has 0 aliphatic heterocycles. The topological polar surface area (TPSA) is 35.0 Å². The summed E-state index contributed by atoms with van der Waals surface area (Å²) in [5.41, 5.74) is 1.06. The van der Waals surface area contributed by atoms with Crippen molar-refractivity contribution in [3.63, 3.8) is 0 Å². The lowest BCUT2D eigenvalue weighted by atomic mass is 10.2. The third-order valence-electron chi connectivity index (χ3n) is 1.39. The largest absolute Gasteiger partial charge is 0.344 e. The molecule has 0 aromatic heterocycles. The highest BCUT2D eigenvalue weighted by Crippen LogP contribution is 2.15. The zero-order chi connectivity index (χ0) is 7.56. The summed E-state index contributed by atoms with van der Waals surface area (Å²) in [7, 11) is 0. The van der Waals surface area contributed by atoms with E-state index in [1.807, 2.05) is 6.92 Å². The van der Waals surface area contributed by atoms with Gasteiger partial charge in [-0.15, -0.1) is 0 Å². The van der Waals surface area contributed by atoms with Crippen LogP contribution in [0.5, 0.6) is 0 Å². The molecule has 1 rings (SSSR count). The second-order valence-corrected chi connectivity index (χ2v) is 2.51. The molecule has 0 spiro atoms. The zero-order valence-corrected chi connectivity index (χ0v) is 7.16. The molecule has 0 heterocycles. The maximum absolute atomic E-state index is 12.5. The molecular weight excluding hydrogens is 165 g/mol. The molecule has 0 amide bonds. The molecule has 0 saturated carbocycles. The molecule has 0 fully saturated rings. The van der Waals surface area contributed by atoms with Crippen LogP contribution in [-0.4, -0.2) is 0 Å². The van der Waals surface area contributed by atoms with Crippen LogP contribution in [0.15, 0.2) is 18.2 Å². The van der Waals surface area contributed by atoms with Gasteiger partial charge >= 0.3 is 0 Å². The van der Waals surface area contributed by atoms with Gasteiger partial charge in [-0.2, -0.15) is 0 Å². The summed E-state index contributed by atoms with van der Waals surface area (Å²) in [6.45, 7) is 2.00. The quantitative estimate of drug-likeness (QED) is 0.699. The van der Waals surface area contributed by atoms with Crippen LogP contribution in [0.4, 0.5) is 4.39 Å². The first kappa shape index (κ1) is 10.4. The lowest BCUT2D eigenvalue weighted by Crippen LogP contribution is -1.81. The SMILES string of the molecule is CCc1ccc(F)c(Cl)c1.N. The van der Waals surface area contributed by atoms with Gasteiger partial charge < -0.3 is 6.15 Å². The Labute approximate surface area is 70.8 Å². The number of hydrogen-bond donors (Lipinski definition) is 1. The average molecular weight is 176 g/mol. The Hall–Kier alpha value is -0.600. The number of halogens is 2. The lowest BCUT2D eigenvalue weighted by molar-refractivity contribution is 0.627. The van der Waals surface area contributed by atoms with E-state index in [1.54, 1.807) is 12.1 Å². The zero-order valence-electron chi connectivity index (χ0n) is 6.40. The van der Waals surface area contributed by atoms with Gasteiger partial charge in [-0.3, -0.25) is 0 Å². The fourth-order valence-corrected chi connectivity index (χ4v) is 0.963.